The first kappa shape index (κ1) is 11.7. The van der Waals surface area contributed by atoms with Gasteiger partial charge in [-0.3, -0.25) is 4.79 Å². The Morgan fingerprint density at radius 1 is 1.53 bits per heavy atom. The smallest absolute Gasteiger partial charge is 0.272 e. The average molecular weight is 250 g/mol. The van der Waals surface area contributed by atoms with Crippen LogP contribution in [0.5, 0.6) is 0 Å². The molecule has 2 heterocycles. The Kier molecular flexibility index (Phi) is 3.15. The molecule has 0 fully saturated rings. The van der Waals surface area contributed by atoms with E-state index < -0.39 is 0 Å². The molecule has 0 saturated carbocycles. The van der Waals surface area contributed by atoms with Gasteiger partial charge in [0, 0.05) is 19.4 Å². The summed E-state index contributed by atoms with van der Waals surface area (Å²) in [5, 5.41) is 3.03. The highest BCUT2D eigenvalue weighted by atomic mass is 35.5. The Morgan fingerprint density at radius 2 is 2.29 bits per heavy atom. The van der Waals surface area contributed by atoms with Crippen molar-refractivity contribution in [3.8, 4) is 0 Å². The molecule has 0 unspecified atom stereocenters. The predicted octanol–water partition coefficient (Wildman–Crippen LogP) is 2.63. The number of hydrogen-bond acceptors (Lipinski definition) is 2. The molecule has 0 radical (unpaired) electrons. The van der Waals surface area contributed by atoms with E-state index in [4.69, 9.17) is 11.6 Å². The number of rotatable bonds is 2. The quantitative estimate of drug-likeness (QED) is 0.832. The molecular formula is C12H12ClN3O. The molecule has 0 bridgehead atoms. The van der Waals surface area contributed by atoms with Gasteiger partial charge in [0.05, 0.1) is 5.69 Å². The van der Waals surface area contributed by atoms with Gasteiger partial charge in [0.25, 0.3) is 5.91 Å². The summed E-state index contributed by atoms with van der Waals surface area (Å²) >= 11 is 5.91. The summed E-state index contributed by atoms with van der Waals surface area (Å²) in [4.78, 5) is 15.9. The first-order valence-corrected chi connectivity index (χ1v) is 5.50. The van der Waals surface area contributed by atoms with Gasteiger partial charge in [-0.05, 0) is 30.7 Å². The normalized spacial score (nSPS) is 10.3. The van der Waals surface area contributed by atoms with Crippen LogP contribution in [0.15, 0.2) is 30.6 Å². The molecule has 1 N–H and O–H groups in total. The monoisotopic (exact) mass is 249 g/mol. The third-order valence-electron chi connectivity index (χ3n) is 2.40. The Bertz CT molecular complexity index is 563. The van der Waals surface area contributed by atoms with E-state index in [9.17, 15) is 4.79 Å². The van der Waals surface area contributed by atoms with E-state index in [0.29, 0.717) is 11.4 Å². The molecule has 2 aromatic rings. The van der Waals surface area contributed by atoms with E-state index in [-0.39, 0.29) is 11.1 Å². The average Bonchev–Trinajstić information content (AvgIpc) is 2.70. The predicted molar refractivity (Wildman–Crippen MR) is 67.4 cm³/mol. The van der Waals surface area contributed by atoms with Crippen LogP contribution in [0, 0.1) is 6.92 Å². The van der Waals surface area contributed by atoms with Crippen molar-refractivity contribution in [1.82, 2.24) is 9.55 Å². The minimum atomic E-state index is -0.202. The van der Waals surface area contributed by atoms with Crippen LogP contribution in [0.3, 0.4) is 0 Å². The maximum atomic E-state index is 11.9. The summed E-state index contributed by atoms with van der Waals surface area (Å²) < 4.78 is 1.74. The Hall–Kier alpha value is -1.81. The number of carbonyl (C=O) groups excluding carboxylic acids is 1. The lowest BCUT2D eigenvalue weighted by atomic mass is 10.3. The van der Waals surface area contributed by atoms with Gasteiger partial charge in [-0.1, -0.05) is 11.6 Å². The van der Waals surface area contributed by atoms with Crippen molar-refractivity contribution < 1.29 is 4.79 Å². The standard InChI is InChI=1S/C12H12ClN3O/c1-8-6-9(11(13)14-7-8)15-12(17)10-4-3-5-16(10)2/h3-7H,1-2H3,(H,15,17). The number of aryl methyl sites for hydroxylation is 2. The molecule has 0 aliphatic carbocycles. The van der Waals surface area contributed by atoms with Crippen LogP contribution in [0.1, 0.15) is 16.1 Å². The fraction of sp³-hybridized carbons (Fsp3) is 0.167. The number of hydrogen-bond donors (Lipinski definition) is 1. The highest BCUT2D eigenvalue weighted by Gasteiger charge is 2.11. The summed E-state index contributed by atoms with van der Waals surface area (Å²) in [7, 11) is 1.81. The molecule has 0 aliphatic heterocycles. The summed E-state index contributed by atoms with van der Waals surface area (Å²) in [5.74, 6) is -0.202. The molecule has 0 saturated heterocycles. The highest BCUT2D eigenvalue weighted by Crippen LogP contribution is 2.20. The Morgan fingerprint density at radius 3 is 2.94 bits per heavy atom. The molecule has 1 amide bonds. The van der Waals surface area contributed by atoms with Crippen molar-refractivity contribution in [2.45, 2.75) is 6.92 Å². The van der Waals surface area contributed by atoms with E-state index >= 15 is 0 Å². The number of pyridine rings is 1. The minimum Gasteiger partial charge on any atom is -0.347 e. The zero-order valence-corrected chi connectivity index (χ0v) is 10.3. The number of carbonyl (C=O) groups is 1. The molecule has 0 spiro atoms. The molecule has 0 atom stereocenters. The maximum Gasteiger partial charge on any atom is 0.272 e. The second-order valence-electron chi connectivity index (χ2n) is 3.81. The summed E-state index contributed by atoms with van der Waals surface area (Å²) in [6.45, 7) is 1.89. The van der Waals surface area contributed by atoms with Gasteiger partial charge in [0.2, 0.25) is 0 Å². The second kappa shape index (κ2) is 4.59. The fourth-order valence-electron chi connectivity index (χ4n) is 1.52. The first-order chi connectivity index (χ1) is 8.08. The summed E-state index contributed by atoms with van der Waals surface area (Å²) in [6, 6.07) is 5.34. The zero-order valence-electron chi connectivity index (χ0n) is 9.57. The molecule has 2 aromatic heterocycles. The van der Waals surface area contributed by atoms with Crippen molar-refractivity contribution in [1.29, 1.82) is 0 Å². The van der Waals surface area contributed by atoms with Crippen molar-refractivity contribution in [2.24, 2.45) is 7.05 Å². The number of halogens is 1. The zero-order chi connectivity index (χ0) is 12.4. The van der Waals surface area contributed by atoms with Crippen LogP contribution >= 0.6 is 11.6 Å². The molecule has 0 aromatic carbocycles. The van der Waals surface area contributed by atoms with Gasteiger partial charge in [-0.2, -0.15) is 0 Å². The third kappa shape index (κ3) is 2.47. The number of anilines is 1. The van der Waals surface area contributed by atoms with Crippen LogP contribution in [-0.4, -0.2) is 15.5 Å². The molecule has 88 valence electrons. The molecule has 0 aliphatic rings. The number of aromatic nitrogens is 2. The van der Waals surface area contributed by atoms with Gasteiger partial charge >= 0.3 is 0 Å². The van der Waals surface area contributed by atoms with Crippen molar-refractivity contribution in [3.63, 3.8) is 0 Å². The third-order valence-corrected chi connectivity index (χ3v) is 2.70. The van der Waals surface area contributed by atoms with Gasteiger partial charge in [0.1, 0.15) is 5.69 Å². The van der Waals surface area contributed by atoms with E-state index in [1.807, 2.05) is 26.2 Å². The van der Waals surface area contributed by atoms with E-state index in [2.05, 4.69) is 10.3 Å². The maximum absolute atomic E-state index is 11.9. The lowest BCUT2D eigenvalue weighted by Crippen LogP contribution is -2.15. The van der Waals surface area contributed by atoms with Crippen LogP contribution in [0.4, 0.5) is 5.69 Å². The summed E-state index contributed by atoms with van der Waals surface area (Å²) in [6.07, 6.45) is 3.46. The van der Waals surface area contributed by atoms with Crippen molar-refractivity contribution in [3.05, 3.63) is 47.0 Å². The van der Waals surface area contributed by atoms with Gasteiger partial charge < -0.3 is 9.88 Å². The van der Waals surface area contributed by atoms with Crippen molar-refractivity contribution >= 4 is 23.2 Å². The van der Waals surface area contributed by atoms with Crippen LogP contribution < -0.4 is 5.32 Å². The minimum absolute atomic E-state index is 0.202. The van der Waals surface area contributed by atoms with Gasteiger partial charge in [-0.25, -0.2) is 4.98 Å². The van der Waals surface area contributed by atoms with Crippen LogP contribution in [0.25, 0.3) is 0 Å². The van der Waals surface area contributed by atoms with E-state index in [1.165, 1.54) is 0 Å². The van der Waals surface area contributed by atoms with Crippen LogP contribution in [0.2, 0.25) is 5.15 Å². The molecule has 5 heteroatoms. The fourth-order valence-corrected chi connectivity index (χ4v) is 1.67. The highest BCUT2D eigenvalue weighted by molar-refractivity contribution is 6.32. The van der Waals surface area contributed by atoms with Gasteiger partial charge in [0.15, 0.2) is 5.15 Å². The molecular weight excluding hydrogens is 238 g/mol. The largest absolute Gasteiger partial charge is 0.347 e. The number of nitrogens with one attached hydrogen (secondary N) is 1. The molecule has 4 nitrogen and oxygen atoms in total. The SMILES string of the molecule is Cc1cnc(Cl)c(NC(=O)c2cccn2C)c1. The second-order valence-corrected chi connectivity index (χ2v) is 4.17. The Labute approximate surface area is 104 Å². The van der Waals surface area contributed by atoms with E-state index in [0.717, 1.165) is 5.56 Å². The molecule has 17 heavy (non-hydrogen) atoms. The lowest BCUT2D eigenvalue weighted by Gasteiger charge is -2.08. The lowest BCUT2D eigenvalue weighted by molar-refractivity contribution is 0.101. The molecule has 2 rings (SSSR count). The van der Waals surface area contributed by atoms with Crippen LogP contribution in [-0.2, 0) is 7.05 Å². The van der Waals surface area contributed by atoms with Gasteiger partial charge in [-0.15, -0.1) is 0 Å². The van der Waals surface area contributed by atoms with E-state index in [1.54, 1.807) is 22.9 Å². The topological polar surface area (TPSA) is 46.9 Å². The van der Waals surface area contributed by atoms with Crippen molar-refractivity contribution in [2.75, 3.05) is 5.32 Å². The number of nitrogens with zero attached hydrogens (tertiary/aromatic N) is 2. The number of amides is 1. The Balaban J connectivity index is 2.24. The first-order valence-electron chi connectivity index (χ1n) is 5.13. The summed E-state index contributed by atoms with van der Waals surface area (Å²) in [5.41, 5.74) is 2.04.